The van der Waals surface area contributed by atoms with Gasteiger partial charge in [-0.15, -0.1) is 0 Å². The zero-order valence-corrected chi connectivity index (χ0v) is 17.6. The van der Waals surface area contributed by atoms with Crippen molar-refractivity contribution in [3.05, 3.63) is 63.1 Å². The van der Waals surface area contributed by atoms with E-state index in [1.165, 1.54) is 16.8 Å². The molecular formula is C22H23F2N3O5. The highest BCUT2D eigenvalue weighted by Crippen LogP contribution is 2.33. The van der Waals surface area contributed by atoms with Crippen LogP contribution < -0.4 is 10.7 Å². The quantitative estimate of drug-likeness (QED) is 0.730. The second-order valence-corrected chi connectivity index (χ2v) is 8.09. The molecule has 10 heteroatoms. The van der Waals surface area contributed by atoms with Gasteiger partial charge in [0.05, 0.1) is 19.2 Å². The molecule has 1 aromatic carbocycles. The number of pyridine rings is 1. The Morgan fingerprint density at radius 3 is 2.78 bits per heavy atom. The van der Waals surface area contributed by atoms with Crippen LogP contribution in [0.2, 0.25) is 0 Å². The monoisotopic (exact) mass is 447 g/mol. The molecule has 2 N–H and O–H groups in total. The fraction of sp³-hybridized carbons (Fsp3) is 0.409. The molecule has 4 rings (SSSR count). The van der Waals surface area contributed by atoms with Crippen LogP contribution in [0, 0.1) is 17.6 Å². The number of fused-ring (bicyclic) bond motifs is 2. The average molecular weight is 447 g/mol. The van der Waals surface area contributed by atoms with Crippen LogP contribution in [0.15, 0.2) is 29.2 Å². The Bertz CT molecular complexity index is 1150. The highest BCUT2D eigenvalue weighted by molar-refractivity contribution is 5.99. The summed E-state index contributed by atoms with van der Waals surface area (Å²) < 4.78 is 34.0. The number of ether oxygens (including phenoxy) is 1. The SMILES string of the molecule is CCC(C)[C@H]1CO[C@@H]2Cn3cc(C(=O)NCc4ccc(F)cc4F)c(=O)c(O)c3C(=O)N12. The van der Waals surface area contributed by atoms with E-state index < -0.39 is 46.4 Å². The largest absolute Gasteiger partial charge is 0.503 e. The Morgan fingerprint density at radius 1 is 1.34 bits per heavy atom. The van der Waals surface area contributed by atoms with Crippen LogP contribution in [-0.2, 0) is 17.8 Å². The highest BCUT2D eigenvalue weighted by Gasteiger charge is 2.45. The van der Waals surface area contributed by atoms with E-state index in [4.69, 9.17) is 4.74 Å². The predicted octanol–water partition coefficient (Wildman–Crippen LogP) is 1.99. The minimum absolute atomic E-state index is 0.0308. The molecule has 0 aliphatic carbocycles. The van der Waals surface area contributed by atoms with Crippen molar-refractivity contribution in [3.8, 4) is 5.75 Å². The molecule has 0 spiro atoms. The van der Waals surface area contributed by atoms with Crippen molar-refractivity contribution in [2.24, 2.45) is 5.92 Å². The van der Waals surface area contributed by atoms with Crippen LogP contribution in [0.5, 0.6) is 5.75 Å². The van der Waals surface area contributed by atoms with Gasteiger partial charge in [-0.25, -0.2) is 8.78 Å². The van der Waals surface area contributed by atoms with E-state index in [1.54, 1.807) is 4.90 Å². The fourth-order valence-electron chi connectivity index (χ4n) is 4.12. The molecule has 2 aliphatic rings. The second kappa shape index (κ2) is 8.34. The lowest BCUT2D eigenvalue weighted by Gasteiger charge is -2.36. The lowest BCUT2D eigenvalue weighted by Crippen LogP contribution is -2.51. The van der Waals surface area contributed by atoms with Crippen molar-refractivity contribution in [3.63, 3.8) is 0 Å². The number of carbonyl (C=O) groups excluding carboxylic acids is 2. The van der Waals surface area contributed by atoms with Gasteiger partial charge in [0.2, 0.25) is 5.43 Å². The summed E-state index contributed by atoms with van der Waals surface area (Å²) in [7, 11) is 0. The van der Waals surface area contributed by atoms with E-state index in [9.17, 15) is 28.3 Å². The molecule has 0 bridgehead atoms. The number of hydrogen-bond acceptors (Lipinski definition) is 5. The van der Waals surface area contributed by atoms with Crippen LogP contribution >= 0.6 is 0 Å². The van der Waals surface area contributed by atoms with Gasteiger partial charge in [-0.3, -0.25) is 14.4 Å². The third-order valence-electron chi connectivity index (χ3n) is 6.17. The van der Waals surface area contributed by atoms with E-state index in [0.29, 0.717) is 12.7 Å². The van der Waals surface area contributed by atoms with Gasteiger partial charge in [0.1, 0.15) is 17.2 Å². The minimum Gasteiger partial charge on any atom is -0.503 e. The number of aromatic nitrogens is 1. The van der Waals surface area contributed by atoms with E-state index in [2.05, 4.69) is 5.32 Å². The van der Waals surface area contributed by atoms with Crippen LogP contribution in [0.4, 0.5) is 8.78 Å². The van der Waals surface area contributed by atoms with Crippen LogP contribution in [0.25, 0.3) is 0 Å². The average Bonchev–Trinajstić information content (AvgIpc) is 3.19. The first-order valence-corrected chi connectivity index (χ1v) is 10.4. The van der Waals surface area contributed by atoms with Gasteiger partial charge in [0.25, 0.3) is 11.8 Å². The Hall–Kier alpha value is -3.27. The molecule has 2 amide bonds. The molecule has 1 saturated heterocycles. The maximum Gasteiger partial charge on any atom is 0.276 e. The lowest BCUT2D eigenvalue weighted by atomic mass is 9.98. The number of benzene rings is 1. The van der Waals surface area contributed by atoms with Crippen molar-refractivity contribution in [1.82, 2.24) is 14.8 Å². The minimum atomic E-state index is -1.000. The Kier molecular flexibility index (Phi) is 5.72. The summed E-state index contributed by atoms with van der Waals surface area (Å²) in [5, 5.41) is 12.9. The number of hydrogen-bond donors (Lipinski definition) is 2. The van der Waals surface area contributed by atoms with Crippen molar-refractivity contribution in [2.75, 3.05) is 6.61 Å². The summed E-state index contributed by atoms with van der Waals surface area (Å²) in [5.74, 6) is -3.62. The van der Waals surface area contributed by atoms with E-state index in [0.717, 1.165) is 12.5 Å². The Balaban J connectivity index is 1.61. The molecule has 1 fully saturated rings. The smallest absolute Gasteiger partial charge is 0.276 e. The summed E-state index contributed by atoms with van der Waals surface area (Å²) in [6, 6.07) is 2.75. The van der Waals surface area contributed by atoms with Crippen molar-refractivity contribution in [1.29, 1.82) is 0 Å². The number of carbonyl (C=O) groups is 2. The first-order valence-electron chi connectivity index (χ1n) is 10.4. The molecule has 0 saturated carbocycles. The number of rotatable bonds is 5. The number of nitrogens with zero attached hydrogens (tertiary/aromatic N) is 2. The molecule has 1 aromatic heterocycles. The zero-order chi connectivity index (χ0) is 23.2. The summed E-state index contributed by atoms with van der Waals surface area (Å²) >= 11 is 0. The topological polar surface area (TPSA) is 101 Å². The number of halogens is 2. The molecule has 1 unspecified atom stereocenters. The summed E-state index contributed by atoms with van der Waals surface area (Å²) in [6.07, 6.45) is 1.46. The molecule has 170 valence electrons. The van der Waals surface area contributed by atoms with E-state index in [1.807, 2.05) is 13.8 Å². The van der Waals surface area contributed by atoms with Crippen molar-refractivity contribution >= 4 is 11.8 Å². The third kappa shape index (κ3) is 3.64. The second-order valence-electron chi connectivity index (χ2n) is 8.09. The molecule has 3 atom stereocenters. The normalized spacial score (nSPS) is 20.6. The van der Waals surface area contributed by atoms with Gasteiger partial charge in [-0.1, -0.05) is 26.3 Å². The maximum absolute atomic E-state index is 13.8. The standard InChI is InChI=1S/C22H23F2N3O5/c1-3-11(2)16-10-32-17-9-26-8-14(19(28)20(29)18(26)22(31)27(16)17)21(30)25-7-12-4-5-13(23)6-15(12)24/h4-6,8,11,16-17,29H,3,7,9-10H2,1-2H3,(H,25,30)/t11?,16-,17-/m1/s1. The van der Waals surface area contributed by atoms with Crippen molar-refractivity contribution in [2.45, 2.75) is 45.6 Å². The zero-order valence-electron chi connectivity index (χ0n) is 17.6. The third-order valence-corrected chi connectivity index (χ3v) is 6.17. The first kappa shape index (κ1) is 21.9. The predicted molar refractivity (Wildman–Crippen MR) is 109 cm³/mol. The van der Waals surface area contributed by atoms with Gasteiger partial charge < -0.3 is 24.6 Å². The van der Waals surface area contributed by atoms with Gasteiger partial charge in [-0.05, 0) is 12.0 Å². The number of nitrogens with one attached hydrogen (secondary N) is 1. The van der Waals surface area contributed by atoms with Crippen molar-refractivity contribution < 1.29 is 28.2 Å². The Morgan fingerprint density at radius 2 is 2.09 bits per heavy atom. The molecular weight excluding hydrogens is 424 g/mol. The van der Waals surface area contributed by atoms with Crippen LogP contribution in [0.1, 0.15) is 46.7 Å². The Labute approximate surface area is 182 Å². The number of amides is 2. The van der Waals surface area contributed by atoms with Crippen LogP contribution in [-0.4, -0.2) is 45.3 Å². The molecule has 8 nitrogen and oxygen atoms in total. The lowest BCUT2D eigenvalue weighted by molar-refractivity contribution is 0.00396. The molecule has 0 radical (unpaired) electrons. The van der Waals surface area contributed by atoms with Gasteiger partial charge in [-0.2, -0.15) is 0 Å². The summed E-state index contributed by atoms with van der Waals surface area (Å²) in [4.78, 5) is 39.9. The molecule has 3 heterocycles. The summed E-state index contributed by atoms with van der Waals surface area (Å²) in [6.45, 7) is 4.21. The van der Waals surface area contributed by atoms with Crippen LogP contribution in [0.3, 0.4) is 0 Å². The van der Waals surface area contributed by atoms with E-state index >= 15 is 0 Å². The van der Waals surface area contributed by atoms with Gasteiger partial charge in [0, 0.05) is 24.4 Å². The maximum atomic E-state index is 13.8. The highest BCUT2D eigenvalue weighted by atomic mass is 19.1. The molecule has 2 aliphatic heterocycles. The first-order chi connectivity index (χ1) is 15.2. The molecule has 2 aromatic rings. The van der Waals surface area contributed by atoms with E-state index in [-0.39, 0.29) is 36.3 Å². The van der Waals surface area contributed by atoms with Gasteiger partial charge >= 0.3 is 0 Å². The molecule has 32 heavy (non-hydrogen) atoms. The fourth-order valence-corrected chi connectivity index (χ4v) is 4.12. The summed E-state index contributed by atoms with van der Waals surface area (Å²) in [5.41, 5.74) is -1.55. The van der Waals surface area contributed by atoms with Gasteiger partial charge in [0.15, 0.2) is 17.7 Å². The number of aromatic hydroxyl groups is 1.